The lowest BCUT2D eigenvalue weighted by Gasteiger charge is -2.24. The molecule has 0 bridgehead atoms. The fraction of sp³-hybridized carbons (Fsp3) is 0.263. The van der Waals surface area contributed by atoms with E-state index in [0.717, 1.165) is 12.1 Å². The average molecular weight is 361 g/mol. The van der Waals surface area contributed by atoms with Gasteiger partial charge in [0.25, 0.3) is 5.91 Å². The molecule has 138 valence electrons. The predicted molar refractivity (Wildman–Crippen MR) is 92.1 cm³/mol. The second kappa shape index (κ2) is 8.96. The number of carbonyl (C=O) groups is 2. The highest BCUT2D eigenvalue weighted by Gasteiger charge is 2.25. The lowest BCUT2D eigenvalue weighted by molar-refractivity contribution is 0.0543. The highest BCUT2D eigenvalue weighted by Crippen LogP contribution is 2.30. The Kier molecular flexibility index (Phi) is 6.68. The Balaban J connectivity index is 2.14. The van der Waals surface area contributed by atoms with Crippen molar-refractivity contribution in [1.29, 1.82) is 0 Å². The molecule has 0 fully saturated rings. The highest BCUT2D eigenvalue weighted by atomic mass is 19.1. The Labute approximate surface area is 150 Å². The summed E-state index contributed by atoms with van der Waals surface area (Å²) in [6, 6.07) is 11.8. The smallest absolute Gasteiger partial charge is 0.414 e. The van der Waals surface area contributed by atoms with E-state index in [0.29, 0.717) is 17.5 Å². The van der Waals surface area contributed by atoms with Crippen LogP contribution < -0.4 is 5.32 Å². The molecule has 0 aliphatic heterocycles. The summed E-state index contributed by atoms with van der Waals surface area (Å²) >= 11 is 0. The normalized spacial score (nSPS) is 12.9. The van der Waals surface area contributed by atoms with Crippen LogP contribution >= 0.6 is 0 Å². The monoisotopic (exact) mass is 361 g/mol. The van der Waals surface area contributed by atoms with Gasteiger partial charge in [0.15, 0.2) is 11.6 Å². The predicted octanol–water partition coefficient (Wildman–Crippen LogP) is 3.16. The number of aliphatic hydroxyl groups is 1. The molecule has 0 saturated carbocycles. The number of alkyl carbamates (subject to hydrolysis) is 1. The molecule has 0 unspecified atom stereocenters. The number of nitrogens with one attached hydrogen (secondary N) is 1. The standard InChI is InChI=1S/C19H20FNO5/c1-12(9-10-22)17(14-7-8-16(23)15(20)11-14)26-19(25)21-18(24)13-5-3-2-4-6-13/h2-8,11-12,17,22-23H,9-10H2,1H3,(H,21,24,25)/t12-,17+/m0/s1. The zero-order chi connectivity index (χ0) is 19.1. The third-order valence-corrected chi connectivity index (χ3v) is 3.89. The summed E-state index contributed by atoms with van der Waals surface area (Å²) in [6.07, 6.45) is -1.59. The molecular weight excluding hydrogens is 341 g/mol. The summed E-state index contributed by atoms with van der Waals surface area (Å²) in [5.41, 5.74) is 0.601. The third-order valence-electron chi connectivity index (χ3n) is 3.89. The minimum atomic E-state index is -0.984. The first-order chi connectivity index (χ1) is 12.4. The molecule has 2 rings (SSSR count). The van der Waals surface area contributed by atoms with Crippen molar-refractivity contribution in [2.75, 3.05) is 6.61 Å². The molecular formula is C19H20FNO5. The van der Waals surface area contributed by atoms with E-state index in [1.807, 2.05) is 0 Å². The number of halogens is 1. The van der Waals surface area contributed by atoms with E-state index in [2.05, 4.69) is 5.32 Å². The molecule has 0 radical (unpaired) electrons. The van der Waals surface area contributed by atoms with Crippen LogP contribution in [0.2, 0.25) is 0 Å². The van der Waals surface area contributed by atoms with Gasteiger partial charge in [-0.05, 0) is 42.2 Å². The quantitative estimate of drug-likeness (QED) is 0.734. The summed E-state index contributed by atoms with van der Waals surface area (Å²) in [6.45, 7) is 1.57. The Morgan fingerprint density at radius 2 is 1.88 bits per heavy atom. The molecule has 2 aromatic rings. The van der Waals surface area contributed by atoms with Gasteiger partial charge >= 0.3 is 6.09 Å². The number of aliphatic hydroxyl groups excluding tert-OH is 1. The van der Waals surface area contributed by atoms with Crippen LogP contribution in [0.25, 0.3) is 0 Å². The van der Waals surface area contributed by atoms with Gasteiger partial charge in [-0.2, -0.15) is 0 Å². The molecule has 0 heterocycles. The highest BCUT2D eigenvalue weighted by molar-refractivity contribution is 6.02. The summed E-state index contributed by atoms with van der Waals surface area (Å²) < 4.78 is 19.0. The second-order valence-corrected chi connectivity index (χ2v) is 5.85. The van der Waals surface area contributed by atoms with Gasteiger partial charge < -0.3 is 14.9 Å². The fourth-order valence-electron chi connectivity index (χ4n) is 2.47. The van der Waals surface area contributed by atoms with Crippen LogP contribution in [0.15, 0.2) is 48.5 Å². The van der Waals surface area contributed by atoms with Crippen molar-refractivity contribution in [1.82, 2.24) is 5.32 Å². The fourth-order valence-corrected chi connectivity index (χ4v) is 2.47. The Morgan fingerprint density at radius 1 is 1.19 bits per heavy atom. The van der Waals surface area contributed by atoms with Crippen LogP contribution in [0, 0.1) is 11.7 Å². The van der Waals surface area contributed by atoms with E-state index in [9.17, 15) is 19.1 Å². The summed E-state index contributed by atoms with van der Waals surface area (Å²) in [4.78, 5) is 24.1. The third kappa shape index (κ3) is 5.03. The van der Waals surface area contributed by atoms with Gasteiger partial charge in [0.1, 0.15) is 6.10 Å². The van der Waals surface area contributed by atoms with Crippen molar-refractivity contribution in [3.63, 3.8) is 0 Å². The van der Waals surface area contributed by atoms with Gasteiger partial charge in [0.2, 0.25) is 0 Å². The van der Waals surface area contributed by atoms with Gasteiger partial charge in [-0.25, -0.2) is 9.18 Å². The van der Waals surface area contributed by atoms with Crippen LogP contribution in [0.5, 0.6) is 5.75 Å². The summed E-state index contributed by atoms with van der Waals surface area (Å²) in [5, 5.41) is 20.6. The zero-order valence-electron chi connectivity index (χ0n) is 14.2. The van der Waals surface area contributed by atoms with E-state index >= 15 is 0 Å². The van der Waals surface area contributed by atoms with Crippen LogP contribution in [-0.2, 0) is 4.74 Å². The molecule has 0 saturated heterocycles. The Morgan fingerprint density at radius 3 is 2.50 bits per heavy atom. The molecule has 0 aromatic heterocycles. The summed E-state index contributed by atoms with van der Waals surface area (Å²) in [5.74, 6) is -2.35. The van der Waals surface area contributed by atoms with E-state index in [4.69, 9.17) is 9.84 Å². The number of imide groups is 1. The molecule has 0 aliphatic carbocycles. The summed E-state index contributed by atoms with van der Waals surface area (Å²) in [7, 11) is 0. The first-order valence-electron chi connectivity index (χ1n) is 8.08. The number of phenolic OH excluding ortho intramolecular Hbond substituents is 1. The SMILES string of the molecule is C[C@@H](CCO)[C@@H](OC(=O)NC(=O)c1ccccc1)c1ccc(O)c(F)c1. The second-order valence-electron chi connectivity index (χ2n) is 5.85. The van der Waals surface area contributed by atoms with Crippen molar-refractivity contribution in [3.8, 4) is 5.75 Å². The van der Waals surface area contributed by atoms with Gasteiger partial charge in [-0.15, -0.1) is 0 Å². The van der Waals surface area contributed by atoms with E-state index in [-0.39, 0.29) is 12.5 Å². The molecule has 2 atom stereocenters. The minimum Gasteiger partial charge on any atom is -0.505 e. The van der Waals surface area contributed by atoms with Crippen LogP contribution in [-0.4, -0.2) is 28.8 Å². The van der Waals surface area contributed by atoms with Crippen molar-refractivity contribution >= 4 is 12.0 Å². The molecule has 6 nitrogen and oxygen atoms in total. The number of benzene rings is 2. The zero-order valence-corrected chi connectivity index (χ0v) is 14.2. The number of hydrogen-bond acceptors (Lipinski definition) is 5. The van der Waals surface area contributed by atoms with Gasteiger partial charge in [0, 0.05) is 12.2 Å². The van der Waals surface area contributed by atoms with Crippen LogP contribution in [0.3, 0.4) is 0 Å². The first-order valence-corrected chi connectivity index (χ1v) is 8.08. The molecule has 2 amide bonds. The van der Waals surface area contributed by atoms with Gasteiger partial charge in [-0.1, -0.05) is 31.2 Å². The molecule has 7 heteroatoms. The van der Waals surface area contributed by atoms with Crippen molar-refractivity contribution in [2.45, 2.75) is 19.4 Å². The molecule has 2 aromatic carbocycles. The lowest BCUT2D eigenvalue weighted by atomic mass is 9.94. The number of phenols is 1. The first kappa shape index (κ1) is 19.4. The van der Waals surface area contributed by atoms with Gasteiger partial charge in [-0.3, -0.25) is 10.1 Å². The van der Waals surface area contributed by atoms with Gasteiger partial charge in [0.05, 0.1) is 0 Å². The maximum Gasteiger partial charge on any atom is 0.414 e. The number of amides is 2. The number of ether oxygens (including phenoxy) is 1. The maximum atomic E-state index is 13.6. The molecule has 3 N–H and O–H groups in total. The van der Waals surface area contributed by atoms with Crippen molar-refractivity contribution < 1.29 is 28.9 Å². The lowest BCUT2D eigenvalue weighted by Crippen LogP contribution is -2.33. The van der Waals surface area contributed by atoms with Crippen LogP contribution in [0.4, 0.5) is 9.18 Å². The molecule has 26 heavy (non-hydrogen) atoms. The van der Waals surface area contributed by atoms with Crippen LogP contribution in [0.1, 0.15) is 35.4 Å². The largest absolute Gasteiger partial charge is 0.505 e. The Hall–Kier alpha value is -2.93. The van der Waals surface area contributed by atoms with E-state index in [1.54, 1.807) is 37.3 Å². The number of aromatic hydroxyl groups is 1. The minimum absolute atomic E-state index is 0.147. The average Bonchev–Trinajstić information content (AvgIpc) is 2.63. The number of carbonyl (C=O) groups excluding carboxylic acids is 2. The number of rotatable bonds is 6. The topological polar surface area (TPSA) is 95.9 Å². The number of hydrogen-bond donors (Lipinski definition) is 3. The molecule has 0 spiro atoms. The van der Waals surface area contributed by atoms with E-state index in [1.165, 1.54) is 6.07 Å². The maximum absolute atomic E-state index is 13.6. The van der Waals surface area contributed by atoms with Crippen molar-refractivity contribution in [3.05, 3.63) is 65.5 Å². The van der Waals surface area contributed by atoms with Crippen molar-refractivity contribution in [2.24, 2.45) is 5.92 Å². The van der Waals surface area contributed by atoms with E-state index < -0.39 is 29.7 Å². The molecule has 0 aliphatic rings. The Bertz CT molecular complexity index is 766.